The zero-order valence-corrected chi connectivity index (χ0v) is 21.6. The standard InChI is InChI=1S/C31H23Cl2NO3/c1-19-13-27-24(17-34(18-36-27)16-21-9-12-25(32)26(33)14-21)31-29(19)30(35)28(37-31)15-20-7-10-23(11-8-20)22-5-3-2-4-6-22/h2-15H,16-18H2,1H3/b28-15-. The summed E-state index contributed by atoms with van der Waals surface area (Å²) < 4.78 is 12.3. The Morgan fingerprint density at radius 1 is 0.919 bits per heavy atom. The quantitative estimate of drug-likeness (QED) is 0.252. The number of hydrogen-bond acceptors (Lipinski definition) is 4. The lowest BCUT2D eigenvalue weighted by Gasteiger charge is -2.30. The van der Waals surface area contributed by atoms with Crippen molar-refractivity contribution in [3.63, 3.8) is 0 Å². The molecule has 0 aliphatic carbocycles. The Hall–Kier alpha value is -3.57. The number of fused-ring (bicyclic) bond motifs is 3. The van der Waals surface area contributed by atoms with E-state index >= 15 is 0 Å². The van der Waals surface area contributed by atoms with Gasteiger partial charge in [0.05, 0.1) is 21.2 Å². The number of halogens is 2. The predicted molar refractivity (Wildman–Crippen MR) is 147 cm³/mol. The summed E-state index contributed by atoms with van der Waals surface area (Å²) in [6.07, 6.45) is 1.81. The molecule has 6 rings (SSSR count). The fraction of sp³-hybridized carbons (Fsp3) is 0.129. The van der Waals surface area contributed by atoms with Crippen LogP contribution in [0.25, 0.3) is 17.2 Å². The van der Waals surface area contributed by atoms with Crippen LogP contribution in [0.5, 0.6) is 11.5 Å². The van der Waals surface area contributed by atoms with E-state index in [9.17, 15) is 4.79 Å². The predicted octanol–water partition coefficient (Wildman–Crippen LogP) is 7.94. The van der Waals surface area contributed by atoms with Crippen molar-refractivity contribution in [2.75, 3.05) is 6.73 Å². The fourth-order valence-electron chi connectivity index (χ4n) is 4.83. The van der Waals surface area contributed by atoms with E-state index in [1.165, 1.54) is 0 Å². The van der Waals surface area contributed by atoms with Crippen molar-refractivity contribution < 1.29 is 14.3 Å². The molecule has 4 aromatic carbocycles. The Morgan fingerprint density at radius 3 is 2.43 bits per heavy atom. The van der Waals surface area contributed by atoms with Gasteiger partial charge in [-0.3, -0.25) is 9.69 Å². The molecule has 4 nitrogen and oxygen atoms in total. The zero-order valence-electron chi connectivity index (χ0n) is 20.1. The molecule has 0 amide bonds. The lowest BCUT2D eigenvalue weighted by atomic mass is 9.98. The summed E-state index contributed by atoms with van der Waals surface area (Å²) in [6.45, 7) is 3.56. The molecule has 0 N–H and O–H groups in total. The highest BCUT2D eigenvalue weighted by molar-refractivity contribution is 6.42. The number of Topliss-reactive ketones (excluding diaryl/α,β-unsaturated/α-hetero) is 1. The van der Waals surface area contributed by atoms with Crippen LogP contribution in [-0.4, -0.2) is 17.4 Å². The lowest BCUT2D eigenvalue weighted by molar-refractivity contribution is 0.0872. The van der Waals surface area contributed by atoms with Crippen molar-refractivity contribution in [2.24, 2.45) is 0 Å². The van der Waals surface area contributed by atoms with Gasteiger partial charge < -0.3 is 9.47 Å². The Bertz CT molecular complexity index is 1550. The first-order chi connectivity index (χ1) is 18.0. The van der Waals surface area contributed by atoms with Gasteiger partial charge >= 0.3 is 0 Å². The number of benzene rings is 4. The number of ether oxygens (including phenoxy) is 2. The van der Waals surface area contributed by atoms with E-state index in [0.717, 1.165) is 39.1 Å². The molecule has 0 saturated carbocycles. The van der Waals surface area contributed by atoms with Crippen LogP contribution >= 0.6 is 23.2 Å². The Kier molecular flexibility index (Phi) is 6.25. The summed E-state index contributed by atoms with van der Waals surface area (Å²) in [4.78, 5) is 15.5. The highest BCUT2D eigenvalue weighted by atomic mass is 35.5. The molecule has 2 aliphatic heterocycles. The minimum absolute atomic E-state index is 0.107. The average Bonchev–Trinajstić information content (AvgIpc) is 3.24. The molecular weight excluding hydrogens is 505 g/mol. The van der Waals surface area contributed by atoms with E-state index < -0.39 is 0 Å². The van der Waals surface area contributed by atoms with Gasteiger partial charge in [-0.2, -0.15) is 0 Å². The normalized spacial score (nSPS) is 15.8. The molecule has 0 bridgehead atoms. The maximum atomic E-state index is 13.4. The van der Waals surface area contributed by atoms with E-state index in [1.807, 2.05) is 55.5 Å². The molecule has 0 fully saturated rings. The molecule has 2 heterocycles. The molecule has 0 radical (unpaired) electrons. The van der Waals surface area contributed by atoms with Crippen LogP contribution in [-0.2, 0) is 13.1 Å². The third-order valence-electron chi connectivity index (χ3n) is 6.69. The van der Waals surface area contributed by atoms with Gasteiger partial charge in [0.25, 0.3) is 0 Å². The first-order valence-corrected chi connectivity index (χ1v) is 12.8. The van der Waals surface area contributed by atoms with Crippen LogP contribution in [0.4, 0.5) is 0 Å². The van der Waals surface area contributed by atoms with Gasteiger partial charge in [0.2, 0.25) is 5.78 Å². The maximum Gasteiger partial charge on any atom is 0.232 e. The number of allylic oxidation sites excluding steroid dienone is 1. The second kappa shape index (κ2) is 9.71. The maximum absolute atomic E-state index is 13.4. The molecule has 37 heavy (non-hydrogen) atoms. The van der Waals surface area contributed by atoms with Crippen LogP contribution in [0.1, 0.15) is 32.6 Å². The van der Waals surface area contributed by atoms with Gasteiger partial charge in [-0.25, -0.2) is 0 Å². The highest BCUT2D eigenvalue weighted by Crippen LogP contribution is 2.44. The summed E-state index contributed by atoms with van der Waals surface area (Å²) >= 11 is 12.3. The van der Waals surface area contributed by atoms with Crippen LogP contribution in [0.2, 0.25) is 10.0 Å². The summed E-state index contributed by atoms with van der Waals surface area (Å²) in [5, 5.41) is 1.05. The number of hydrogen-bond donors (Lipinski definition) is 0. The minimum Gasteiger partial charge on any atom is -0.478 e. The molecule has 0 spiro atoms. The van der Waals surface area contributed by atoms with E-state index in [1.54, 1.807) is 12.1 Å². The van der Waals surface area contributed by atoms with Gasteiger partial charge in [-0.05, 0) is 59.0 Å². The first-order valence-electron chi connectivity index (χ1n) is 12.0. The third kappa shape index (κ3) is 4.64. The van der Waals surface area contributed by atoms with Crippen molar-refractivity contribution >= 4 is 35.1 Å². The van der Waals surface area contributed by atoms with Crippen LogP contribution in [0, 0.1) is 6.92 Å². The monoisotopic (exact) mass is 527 g/mol. The molecule has 0 saturated heterocycles. The number of carbonyl (C=O) groups is 1. The molecule has 2 aliphatic rings. The van der Waals surface area contributed by atoms with Crippen LogP contribution in [0.15, 0.2) is 84.6 Å². The first kappa shape index (κ1) is 23.8. The van der Waals surface area contributed by atoms with E-state index in [-0.39, 0.29) is 5.78 Å². The van der Waals surface area contributed by atoms with Gasteiger partial charge in [-0.15, -0.1) is 0 Å². The van der Waals surface area contributed by atoms with Crippen LogP contribution < -0.4 is 9.47 Å². The Labute approximate surface area is 225 Å². The molecular formula is C31H23Cl2NO3. The number of aryl methyl sites for hydroxylation is 1. The lowest BCUT2D eigenvalue weighted by Crippen LogP contribution is -2.31. The smallest absolute Gasteiger partial charge is 0.232 e. The van der Waals surface area contributed by atoms with Crippen molar-refractivity contribution in [3.05, 3.63) is 122 Å². The molecule has 6 heteroatoms. The topological polar surface area (TPSA) is 38.8 Å². The Balaban J connectivity index is 1.26. The summed E-state index contributed by atoms with van der Waals surface area (Å²) in [5.74, 6) is 1.55. The molecule has 4 aromatic rings. The van der Waals surface area contributed by atoms with E-state index in [2.05, 4.69) is 29.2 Å². The number of nitrogens with zero attached hydrogens (tertiary/aromatic N) is 1. The van der Waals surface area contributed by atoms with Crippen molar-refractivity contribution in [1.82, 2.24) is 4.90 Å². The summed E-state index contributed by atoms with van der Waals surface area (Å²) in [6, 6.07) is 25.8. The number of rotatable bonds is 4. The largest absolute Gasteiger partial charge is 0.478 e. The second-order valence-corrected chi connectivity index (χ2v) is 10.1. The fourth-order valence-corrected chi connectivity index (χ4v) is 5.15. The van der Waals surface area contributed by atoms with Gasteiger partial charge in [-0.1, -0.05) is 83.9 Å². The van der Waals surface area contributed by atoms with Crippen molar-refractivity contribution in [1.29, 1.82) is 0 Å². The number of ketones is 1. The summed E-state index contributed by atoms with van der Waals surface area (Å²) in [5.41, 5.74) is 6.53. The molecule has 0 unspecified atom stereocenters. The van der Waals surface area contributed by atoms with Crippen molar-refractivity contribution in [2.45, 2.75) is 20.0 Å². The van der Waals surface area contributed by atoms with Crippen LogP contribution in [0.3, 0.4) is 0 Å². The summed E-state index contributed by atoms with van der Waals surface area (Å²) in [7, 11) is 0. The molecule has 184 valence electrons. The van der Waals surface area contributed by atoms with Gasteiger partial charge in [0.1, 0.15) is 18.2 Å². The van der Waals surface area contributed by atoms with E-state index in [4.69, 9.17) is 32.7 Å². The number of carbonyl (C=O) groups excluding carboxylic acids is 1. The average molecular weight is 528 g/mol. The third-order valence-corrected chi connectivity index (χ3v) is 7.43. The zero-order chi connectivity index (χ0) is 25.5. The molecule has 0 aromatic heterocycles. The van der Waals surface area contributed by atoms with E-state index in [0.29, 0.717) is 46.9 Å². The van der Waals surface area contributed by atoms with Gasteiger partial charge in [0, 0.05) is 13.1 Å². The highest BCUT2D eigenvalue weighted by Gasteiger charge is 2.35. The second-order valence-electron chi connectivity index (χ2n) is 9.31. The SMILES string of the molecule is Cc1cc2c(c3c1C(=O)/C(=C/c1ccc(-c4ccccc4)cc1)O3)CN(Cc1ccc(Cl)c(Cl)c1)CO2. The van der Waals surface area contributed by atoms with Gasteiger partial charge in [0.15, 0.2) is 5.76 Å². The van der Waals surface area contributed by atoms with Crippen molar-refractivity contribution in [3.8, 4) is 22.6 Å². The Morgan fingerprint density at radius 2 is 1.68 bits per heavy atom. The molecule has 0 atom stereocenters. The minimum atomic E-state index is -0.107.